The summed E-state index contributed by atoms with van der Waals surface area (Å²) in [7, 11) is 0. The van der Waals surface area contributed by atoms with E-state index < -0.39 is 0 Å². The van der Waals surface area contributed by atoms with Gasteiger partial charge in [-0.3, -0.25) is 4.79 Å². The lowest BCUT2D eigenvalue weighted by atomic mass is 10.2. The van der Waals surface area contributed by atoms with Gasteiger partial charge in [0.25, 0.3) is 5.91 Å². The Morgan fingerprint density at radius 2 is 2.33 bits per heavy atom. The van der Waals surface area contributed by atoms with Crippen LogP contribution in [0.5, 0.6) is 0 Å². The number of hydrogen-bond acceptors (Lipinski definition) is 6. The third-order valence-electron chi connectivity index (χ3n) is 3.41. The van der Waals surface area contributed by atoms with Crippen molar-refractivity contribution in [3.8, 4) is 6.07 Å². The molecule has 1 amide bonds. The average molecular weight is 307 g/mol. The highest BCUT2D eigenvalue weighted by Crippen LogP contribution is 2.37. The summed E-state index contributed by atoms with van der Waals surface area (Å²) in [6.07, 6.45) is 1.88. The quantitative estimate of drug-likeness (QED) is 0.775. The average Bonchev–Trinajstić information content (AvgIpc) is 2.68. The maximum Gasteiger partial charge on any atom is 0.263 e. The van der Waals surface area contributed by atoms with E-state index in [0.29, 0.717) is 22.7 Å². The maximum absolute atomic E-state index is 12.1. The number of anilines is 2. The second-order valence-corrected chi connectivity index (χ2v) is 5.98. The van der Waals surface area contributed by atoms with Crippen molar-refractivity contribution in [3.63, 3.8) is 0 Å². The first-order chi connectivity index (χ1) is 10.2. The predicted octanol–water partition coefficient (Wildman–Crippen LogP) is 1.14. The molecule has 2 rings (SSSR count). The molecule has 1 saturated heterocycles. The number of nitrogens with one attached hydrogen (secondary N) is 2. The Morgan fingerprint density at radius 3 is 3.05 bits per heavy atom. The van der Waals surface area contributed by atoms with Gasteiger partial charge in [-0.25, -0.2) is 0 Å². The number of nitrogen functional groups attached to an aromatic ring is 1. The van der Waals surface area contributed by atoms with Crippen molar-refractivity contribution < 1.29 is 4.79 Å². The van der Waals surface area contributed by atoms with Crippen LogP contribution in [-0.4, -0.2) is 38.6 Å². The molecular weight excluding hydrogens is 286 g/mol. The van der Waals surface area contributed by atoms with E-state index >= 15 is 0 Å². The summed E-state index contributed by atoms with van der Waals surface area (Å²) < 4.78 is 0. The molecule has 114 valence electrons. The van der Waals surface area contributed by atoms with Crippen LogP contribution in [0.15, 0.2) is 0 Å². The molecule has 0 bridgehead atoms. The van der Waals surface area contributed by atoms with Crippen LogP contribution < -0.4 is 21.3 Å². The molecule has 1 fully saturated rings. The molecule has 6 nitrogen and oxygen atoms in total. The summed E-state index contributed by atoms with van der Waals surface area (Å²) in [6, 6.07) is 2.16. The molecule has 1 aromatic heterocycles. The van der Waals surface area contributed by atoms with Gasteiger partial charge in [-0.1, -0.05) is 6.92 Å². The third-order valence-corrected chi connectivity index (χ3v) is 4.67. The summed E-state index contributed by atoms with van der Waals surface area (Å²) in [6.45, 7) is 6.15. The number of nitrogens with two attached hydrogens (primary N) is 1. The zero-order valence-electron chi connectivity index (χ0n) is 12.2. The van der Waals surface area contributed by atoms with Crippen molar-refractivity contribution >= 4 is 27.9 Å². The lowest BCUT2D eigenvalue weighted by Crippen LogP contribution is -2.27. The number of carbonyl (C=O) groups is 1. The summed E-state index contributed by atoms with van der Waals surface area (Å²) in [5, 5.41) is 16.3. The number of nitriles is 1. The molecule has 4 N–H and O–H groups in total. The SMILES string of the molecule is CCCNC(=O)c1sc(N2CCCNCC2)c(C#N)c1N. The van der Waals surface area contributed by atoms with E-state index in [-0.39, 0.29) is 5.91 Å². The van der Waals surface area contributed by atoms with Gasteiger partial charge in [0.15, 0.2) is 0 Å². The number of amides is 1. The highest BCUT2D eigenvalue weighted by atomic mass is 32.1. The van der Waals surface area contributed by atoms with E-state index in [9.17, 15) is 10.1 Å². The molecule has 7 heteroatoms. The molecule has 0 aromatic carbocycles. The molecule has 0 radical (unpaired) electrons. The van der Waals surface area contributed by atoms with Crippen molar-refractivity contribution in [2.45, 2.75) is 19.8 Å². The molecule has 0 spiro atoms. The number of rotatable bonds is 4. The molecule has 1 aromatic rings. The highest BCUT2D eigenvalue weighted by molar-refractivity contribution is 7.19. The molecule has 21 heavy (non-hydrogen) atoms. The van der Waals surface area contributed by atoms with Gasteiger partial charge in [0.2, 0.25) is 0 Å². The van der Waals surface area contributed by atoms with Crippen LogP contribution in [0.25, 0.3) is 0 Å². The Hall–Kier alpha value is -1.78. The van der Waals surface area contributed by atoms with Crippen LogP contribution in [0.4, 0.5) is 10.7 Å². The number of carbonyl (C=O) groups excluding carboxylic acids is 1. The van der Waals surface area contributed by atoms with E-state index in [0.717, 1.165) is 44.0 Å². The monoisotopic (exact) mass is 307 g/mol. The first kappa shape index (κ1) is 15.6. The molecule has 0 unspecified atom stereocenters. The van der Waals surface area contributed by atoms with E-state index in [1.54, 1.807) is 0 Å². The topological polar surface area (TPSA) is 94.2 Å². The fourth-order valence-corrected chi connectivity index (χ4v) is 3.44. The smallest absolute Gasteiger partial charge is 0.263 e. The Balaban J connectivity index is 2.29. The molecule has 0 aliphatic carbocycles. The lowest BCUT2D eigenvalue weighted by molar-refractivity contribution is 0.0958. The fourth-order valence-electron chi connectivity index (χ4n) is 2.30. The van der Waals surface area contributed by atoms with Gasteiger partial charge >= 0.3 is 0 Å². The van der Waals surface area contributed by atoms with Crippen LogP contribution in [0.2, 0.25) is 0 Å². The first-order valence-corrected chi connectivity index (χ1v) is 8.06. The molecule has 2 heterocycles. The zero-order valence-corrected chi connectivity index (χ0v) is 13.1. The van der Waals surface area contributed by atoms with Crippen LogP contribution in [0.1, 0.15) is 35.0 Å². The molecule has 0 saturated carbocycles. The van der Waals surface area contributed by atoms with E-state index in [1.807, 2.05) is 6.92 Å². The standard InChI is InChI=1S/C14H21N5OS/c1-2-4-18-13(20)12-11(16)10(9-15)14(21-12)19-7-3-5-17-6-8-19/h17H,2-8,16H2,1H3,(H,18,20). The fraction of sp³-hybridized carbons (Fsp3) is 0.571. The minimum atomic E-state index is -0.185. The minimum absolute atomic E-state index is 0.185. The largest absolute Gasteiger partial charge is 0.396 e. The van der Waals surface area contributed by atoms with Crippen molar-refractivity contribution in [2.24, 2.45) is 0 Å². The number of hydrogen-bond donors (Lipinski definition) is 3. The van der Waals surface area contributed by atoms with Gasteiger partial charge in [-0.15, -0.1) is 11.3 Å². The normalized spacial score (nSPS) is 15.3. The lowest BCUT2D eigenvalue weighted by Gasteiger charge is -2.20. The Kier molecular flexibility index (Phi) is 5.42. The maximum atomic E-state index is 12.1. The van der Waals surface area contributed by atoms with Crippen LogP contribution in [0.3, 0.4) is 0 Å². The second-order valence-electron chi connectivity index (χ2n) is 4.98. The van der Waals surface area contributed by atoms with Crippen LogP contribution in [0, 0.1) is 11.3 Å². The highest BCUT2D eigenvalue weighted by Gasteiger charge is 2.24. The second kappa shape index (κ2) is 7.29. The van der Waals surface area contributed by atoms with Gasteiger partial charge < -0.3 is 21.3 Å². The van der Waals surface area contributed by atoms with E-state index in [1.165, 1.54) is 11.3 Å². The number of nitrogens with zero attached hydrogens (tertiary/aromatic N) is 2. The van der Waals surface area contributed by atoms with Crippen molar-refractivity contribution in [1.82, 2.24) is 10.6 Å². The van der Waals surface area contributed by atoms with Gasteiger partial charge in [-0.2, -0.15) is 5.26 Å². The summed E-state index contributed by atoms with van der Waals surface area (Å²) in [4.78, 5) is 14.7. The van der Waals surface area contributed by atoms with Gasteiger partial charge in [-0.05, 0) is 19.4 Å². The van der Waals surface area contributed by atoms with Crippen molar-refractivity contribution in [2.75, 3.05) is 43.4 Å². The molecule has 0 atom stereocenters. The van der Waals surface area contributed by atoms with Crippen molar-refractivity contribution in [1.29, 1.82) is 5.26 Å². The van der Waals surface area contributed by atoms with Gasteiger partial charge in [0.05, 0.1) is 5.69 Å². The van der Waals surface area contributed by atoms with Crippen molar-refractivity contribution in [3.05, 3.63) is 10.4 Å². The van der Waals surface area contributed by atoms with Crippen LogP contribution >= 0.6 is 11.3 Å². The third kappa shape index (κ3) is 3.46. The Morgan fingerprint density at radius 1 is 1.52 bits per heavy atom. The summed E-state index contributed by atoms with van der Waals surface area (Å²) in [5.74, 6) is -0.185. The van der Waals surface area contributed by atoms with E-state index in [4.69, 9.17) is 5.73 Å². The molecule has 1 aliphatic rings. The Bertz CT molecular complexity index is 540. The zero-order chi connectivity index (χ0) is 15.2. The first-order valence-electron chi connectivity index (χ1n) is 7.25. The Labute approximate surface area is 128 Å². The van der Waals surface area contributed by atoms with E-state index in [2.05, 4.69) is 21.6 Å². The summed E-state index contributed by atoms with van der Waals surface area (Å²) in [5.41, 5.74) is 6.76. The molecule has 1 aliphatic heterocycles. The summed E-state index contributed by atoms with van der Waals surface area (Å²) >= 11 is 1.32. The predicted molar refractivity (Wildman–Crippen MR) is 85.8 cm³/mol. The van der Waals surface area contributed by atoms with Crippen LogP contribution in [-0.2, 0) is 0 Å². The number of thiophene rings is 1. The molecular formula is C14H21N5OS. The minimum Gasteiger partial charge on any atom is -0.396 e. The van der Waals surface area contributed by atoms with Gasteiger partial charge in [0.1, 0.15) is 21.5 Å². The van der Waals surface area contributed by atoms with Gasteiger partial charge in [0, 0.05) is 26.2 Å².